The number of benzene rings is 1. The Kier molecular flexibility index (Phi) is 4.56. The zero-order valence-electron chi connectivity index (χ0n) is 13.5. The Balaban J connectivity index is 2.10. The molecule has 0 aromatic heterocycles. The molecule has 120 valence electrons. The minimum Gasteiger partial charge on any atom is -0.386 e. The lowest BCUT2D eigenvalue weighted by Gasteiger charge is -2.31. The lowest BCUT2D eigenvalue weighted by molar-refractivity contribution is -0.131. The second-order valence-corrected chi connectivity index (χ2v) is 6.96. The molecule has 2 rings (SSSR count). The topological polar surface area (TPSA) is 78.4 Å². The molecule has 22 heavy (non-hydrogen) atoms. The third-order valence-electron chi connectivity index (χ3n) is 4.00. The first-order chi connectivity index (χ1) is 10.2. The first-order valence-corrected chi connectivity index (χ1v) is 7.53. The highest BCUT2D eigenvalue weighted by atomic mass is 16.3. The van der Waals surface area contributed by atoms with Crippen LogP contribution in [0.3, 0.4) is 0 Å². The van der Waals surface area contributed by atoms with Gasteiger partial charge in [0.05, 0.1) is 12.1 Å². The van der Waals surface area contributed by atoms with Crippen LogP contribution in [0.25, 0.3) is 0 Å². The predicted molar refractivity (Wildman–Crippen MR) is 84.1 cm³/mol. The molecule has 0 saturated heterocycles. The van der Waals surface area contributed by atoms with E-state index in [9.17, 15) is 14.7 Å². The Hall–Kier alpha value is -1.88. The van der Waals surface area contributed by atoms with Gasteiger partial charge in [-0.15, -0.1) is 0 Å². The normalized spacial score (nSPS) is 21.9. The van der Waals surface area contributed by atoms with E-state index in [-0.39, 0.29) is 17.9 Å². The number of fused-ring (bicyclic) bond motifs is 1. The lowest BCUT2D eigenvalue weighted by Crippen LogP contribution is -2.55. The summed E-state index contributed by atoms with van der Waals surface area (Å²) in [4.78, 5) is 23.9. The van der Waals surface area contributed by atoms with E-state index in [1.807, 2.05) is 45.0 Å². The molecule has 3 N–H and O–H groups in total. The molecule has 1 aromatic rings. The number of aliphatic hydroxyl groups is 1. The fourth-order valence-corrected chi connectivity index (χ4v) is 2.85. The number of rotatable bonds is 3. The van der Waals surface area contributed by atoms with Gasteiger partial charge in [-0.25, -0.2) is 0 Å². The first kappa shape index (κ1) is 16.5. The molecule has 0 bridgehead atoms. The van der Waals surface area contributed by atoms with Crippen LogP contribution in [0, 0.1) is 5.41 Å². The highest BCUT2D eigenvalue weighted by Gasteiger charge is 2.37. The minimum atomic E-state index is -0.710. The zero-order chi connectivity index (χ0) is 16.5. The number of carbonyl (C=O) groups is 2. The number of carbonyl (C=O) groups excluding carboxylic acids is 2. The highest BCUT2D eigenvalue weighted by molar-refractivity contribution is 5.87. The van der Waals surface area contributed by atoms with Gasteiger partial charge >= 0.3 is 0 Å². The van der Waals surface area contributed by atoms with E-state index < -0.39 is 17.6 Å². The third-order valence-corrected chi connectivity index (χ3v) is 4.00. The fraction of sp³-hybridized carbons (Fsp3) is 0.529. The molecule has 0 aliphatic heterocycles. The van der Waals surface area contributed by atoms with E-state index in [0.717, 1.165) is 11.1 Å². The van der Waals surface area contributed by atoms with E-state index in [1.165, 1.54) is 6.92 Å². The second kappa shape index (κ2) is 6.08. The van der Waals surface area contributed by atoms with Gasteiger partial charge in [0, 0.05) is 6.92 Å². The van der Waals surface area contributed by atoms with Crippen molar-refractivity contribution in [1.29, 1.82) is 0 Å². The van der Waals surface area contributed by atoms with Crippen LogP contribution in [-0.4, -0.2) is 29.0 Å². The number of amides is 2. The Labute approximate surface area is 131 Å². The van der Waals surface area contributed by atoms with Crippen molar-refractivity contribution in [2.75, 3.05) is 0 Å². The van der Waals surface area contributed by atoms with Gasteiger partial charge in [-0.05, 0) is 23.0 Å². The van der Waals surface area contributed by atoms with E-state index in [1.54, 1.807) is 0 Å². The number of aliphatic hydroxyl groups excluding tert-OH is 1. The summed E-state index contributed by atoms with van der Waals surface area (Å²) < 4.78 is 0. The van der Waals surface area contributed by atoms with Gasteiger partial charge in [-0.2, -0.15) is 0 Å². The molecule has 2 unspecified atom stereocenters. The molecular weight excluding hydrogens is 280 g/mol. The van der Waals surface area contributed by atoms with Crippen LogP contribution in [0.5, 0.6) is 0 Å². The summed E-state index contributed by atoms with van der Waals surface area (Å²) in [5.74, 6) is -0.509. The van der Waals surface area contributed by atoms with E-state index in [2.05, 4.69) is 10.6 Å². The average molecular weight is 304 g/mol. The van der Waals surface area contributed by atoms with Crippen molar-refractivity contribution < 1.29 is 14.7 Å². The highest BCUT2D eigenvalue weighted by Crippen LogP contribution is 2.31. The van der Waals surface area contributed by atoms with Crippen molar-refractivity contribution in [3.8, 4) is 0 Å². The minimum absolute atomic E-state index is 0.245. The smallest absolute Gasteiger partial charge is 0.243 e. The average Bonchev–Trinajstić information content (AvgIpc) is 2.72. The van der Waals surface area contributed by atoms with Gasteiger partial charge < -0.3 is 15.7 Å². The Morgan fingerprint density at radius 3 is 2.45 bits per heavy atom. The lowest BCUT2D eigenvalue weighted by atomic mass is 9.86. The molecule has 2 amide bonds. The third kappa shape index (κ3) is 3.47. The molecule has 0 heterocycles. The molecule has 0 fully saturated rings. The largest absolute Gasteiger partial charge is 0.386 e. The van der Waals surface area contributed by atoms with Gasteiger partial charge in [0.15, 0.2) is 0 Å². The van der Waals surface area contributed by atoms with Crippen molar-refractivity contribution in [1.82, 2.24) is 10.6 Å². The molecular formula is C17H24N2O3. The molecule has 0 saturated carbocycles. The summed E-state index contributed by atoms with van der Waals surface area (Å²) in [6.45, 7) is 7.08. The van der Waals surface area contributed by atoms with E-state index in [4.69, 9.17) is 0 Å². The predicted octanol–water partition coefficient (Wildman–Crippen LogP) is 1.31. The maximum Gasteiger partial charge on any atom is 0.243 e. The Bertz CT molecular complexity index is 578. The molecule has 1 aliphatic carbocycles. The van der Waals surface area contributed by atoms with Crippen LogP contribution in [0.1, 0.15) is 44.9 Å². The van der Waals surface area contributed by atoms with Gasteiger partial charge in [0.2, 0.25) is 11.8 Å². The summed E-state index contributed by atoms with van der Waals surface area (Å²) in [6, 6.07) is 6.64. The summed E-state index contributed by atoms with van der Waals surface area (Å²) in [5, 5.41) is 15.9. The van der Waals surface area contributed by atoms with Crippen molar-refractivity contribution in [3.05, 3.63) is 35.4 Å². The van der Waals surface area contributed by atoms with Crippen LogP contribution in [0.2, 0.25) is 0 Å². The first-order valence-electron chi connectivity index (χ1n) is 7.53. The number of nitrogens with one attached hydrogen (secondary N) is 2. The zero-order valence-corrected chi connectivity index (χ0v) is 13.5. The summed E-state index contributed by atoms with van der Waals surface area (Å²) >= 11 is 0. The van der Waals surface area contributed by atoms with Crippen LogP contribution in [0.15, 0.2) is 24.3 Å². The Morgan fingerprint density at radius 2 is 1.91 bits per heavy atom. The van der Waals surface area contributed by atoms with Gasteiger partial charge in [-0.1, -0.05) is 45.0 Å². The standard InChI is InChI=1S/C17H24N2O3/c1-10(20)18-15(17(2,3)4)16(22)19-13-9-11-7-5-6-8-12(11)14(13)21/h5-8,13-15,21H,9H2,1-4H3,(H,18,20)(H,19,22)/t13?,14-,15?/m1/s1. The van der Waals surface area contributed by atoms with Gasteiger partial charge in [0.25, 0.3) is 0 Å². The summed E-state index contributed by atoms with van der Waals surface area (Å²) in [6.07, 6.45) is -0.113. The molecule has 0 radical (unpaired) electrons. The van der Waals surface area contributed by atoms with Crippen LogP contribution < -0.4 is 10.6 Å². The number of hydrogen-bond donors (Lipinski definition) is 3. The SMILES string of the molecule is CC(=O)NC(C(=O)NC1Cc2ccccc2[C@H]1O)C(C)(C)C. The fourth-order valence-electron chi connectivity index (χ4n) is 2.85. The maximum absolute atomic E-state index is 12.5. The molecule has 5 heteroatoms. The molecule has 5 nitrogen and oxygen atoms in total. The van der Waals surface area contributed by atoms with Crippen LogP contribution in [0.4, 0.5) is 0 Å². The van der Waals surface area contributed by atoms with Crippen molar-refractivity contribution in [3.63, 3.8) is 0 Å². The maximum atomic E-state index is 12.5. The monoisotopic (exact) mass is 304 g/mol. The van der Waals surface area contributed by atoms with Gasteiger partial charge in [-0.3, -0.25) is 9.59 Å². The molecule has 1 aromatic carbocycles. The summed E-state index contributed by atoms with van der Waals surface area (Å²) in [5.41, 5.74) is 1.50. The van der Waals surface area contributed by atoms with Crippen molar-refractivity contribution in [2.45, 2.75) is 52.3 Å². The van der Waals surface area contributed by atoms with Gasteiger partial charge in [0.1, 0.15) is 6.04 Å². The molecule has 0 spiro atoms. The van der Waals surface area contributed by atoms with Crippen molar-refractivity contribution in [2.24, 2.45) is 5.41 Å². The van der Waals surface area contributed by atoms with Crippen LogP contribution in [-0.2, 0) is 16.0 Å². The Morgan fingerprint density at radius 1 is 1.27 bits per heavy atom. The second-order valence-electron chi connectivity index (χ2n) is 6.96. The molecule has 1 aliphatic rings. The molecule has 3 atom stereocenters. The van der Waals surface area contributed by atoms with E-state index >= 15 is 0 Å². The van der Waals surface area contributed by atoms with Crippen LogP contribution >= 0.6 is 0 Å². The van der Waals surface area contributed by atoms with Crippen molar-refractivity contribution >= 4 is 11.8 Å². The van der Waals surface area contributed by atoms with E-state index in [0.29, 0.717) is 6.42 Å². The quantitative estimate of drug-likeness (QED) is 0.788. The number of hydrogen-bond acceptors (Lipinski definition) is 3. The summed E-state index contributed by atoms with van der Waals surface area (Å²) in [7, 11) is 0.